The van der Waals surface area contributed by atoms with Crippen molar-refractivity contribution in [2.45, 2.75) is 38.3 Å². The van der Waals surface area contributed by atoms with Crippen molar-refractivity contribution >= 4 is 5.91 Å². The molecule has 0 aromatic rings. The topological polar surface area (TPSA) is 62.4 Å². The van der Waals surface area contributed by atoms with E-state index < -0.39 is 0 Å². The lowest BCUT2D eigenvalue weighted by Gasteiger charge is -2.28. The number of carbonyl (C=O) groups excluding carboxylic acids is 1. The molecular formula is C12H25N3O2. The van der Waals surface area contributed by atoms with Gasteiger partial charge < -0.3 is 20.7 Å². The number of methoxy groups -OCH3 is 1. The second kappa shape index (κ2) is 8.44. The molecule has 1 aliphatic heterocycles. The summed E-state index contributed by atoms with van der Waals surface area (Å²) in [6.07, 6.45) is 3.18. The zero-order valence-corrected chi connectivity index (χ0v) is 10.9. The summed E-state index contributed by atoms with van der Waals surface area (Å²) in [5, 5.41) is 9.49. The minimum absolute atomic E-state index is 0.0785. The summed E-state index contributed by atoms with van der Waals surface area (Å²) in [7, 11) is 1.71. The van der Waals surface area contributed by atoms with Crippen LogP contribution >= 0.6 is 0 Å². The van der Waals surface area contributed by atoms with Gasteiger partial charge in [0.05, 0.1) is 6.04 Å². The number of unbranched alkanes of at least 4 members (excludes halogenated alkanes) is 2. The van der Waals surface area contributed by atoms with Gasteiger partial charge in [-0.15, -0.1) is 0 Å². The molecule has 0 saturated carbocycles. The van der Waals surface area contributed by atoms with Gasteiger partial charge in [0.15, 0.2) is 0 Å². The van der Waals surface area contributed by atoms with Crippen molar-refractivity contribution in [3.63, 3.8) is 0 Å². The Kier molecular flexibility index (Phi) is 7.16. The second-order valence-corrected chi connectivity index (χ2v) is 4.61. The molecule has 1 heterocycles. The number of hydrogen-bond donors (Lipinski definition) is 3. The highest BCUT2D eigenvalue weighted by Crippen LogP contribution is 1.96. The van der Waals surface area contributed by atoms with Gasteiger partial charge in [0.2, 0.25) is 5.91 Å². The van der Waals surface area contributed by atoms with Crippen molar-refractivity contribution in [1.29, 1.82) is 0 Å². The molecule has 1 amide bonds. The van der Waals surface area contributed by atoms with Crippen LogP contribution in [0.2, 0.25) is 0 Å². The van der Waals surface area contributed by atoms with Gasteiger partial charge in [0.1, 0.15) is 0 Å². The average Bonchev–Trinajstić information content (AvgIpc) is 2.34. The van der Waals surface area contributed by atoms with E-state index in [4.69, 9.17) is 4.74 Å². The van der Waals surface area contributed by atoms with Crippen LogP contribution in [0.15, 0.2) is 0 Å². The molecule has 1 aliphatic rings. The summed E-state index contributed by atoms with van der Waals surface area (Å²) in [4.78, 5) is 11.8. The van der Waals surface area contributed by atoms with Crippen LogP contribution in [0.5, 0.6) is 0 Å². The fraction of sp³-hybridized carbons (Fsp3) is 0.917. The summed E-state index contributed by atoms with van der Waals surface area (Å²) in [5.74, 6) is 0.108. The fourth-order valence-corrected chi connectivity index (χ4v) is 1.85. The maximum atomic E-state index is 11.8. The van der Waals surface area contributed by atoms with Crippen LogP contribution in [-0.2, 0) is 9.53 Å². The van der Waals surface area contributed by atoms with Gasteiger partial charge in [-0.3, -0.25) is 4.79 Å². The first-order valence-electron chi connectivity index (χ1n) is 6.47. The summed E-state index contributed by atoms with van der Waals surface area (Å²) >= 11 is 0. The third kappa shape index (κ3) is 6.00. The molecule has 100 valence electrons. The normalized spacial score (nSPS) is 24.6. The Bertz CT molecular complexity index is 216. The third-order valence-corrected chi connectivity index (χ3v) is 2.98. The zero-order valence-electron chi connectivity index (χ0n) is 10.9. The Balaban J connectivity index is 2.01. The van der Waals surface area contributed by atoms with E-state index in [0.717, 1.165) is 45.5 Å². The van der Waals surface area contributed by atoms with Crippen LogP contribution in [0.4, 0.5) is 0 Å². The predicted molar refractivity (Wildman–Crippen MR) is 68.0 cm³/mol. The van der Waals surface area contributed by atoms with Crippen molar-refractivity contribution < 1.29 is 9.53 Å². The molecule has 1 saturated heterocycles. The number of piperazine rings is 1. The molecule has 5 heteroatoms. The molecular weight excluding hydrogens is 218 g/mol. The molecule has 0 radical (unpaired) electrons. The number of hydrogen-bond acceptors (Lipinski definition) is 4. The van der Waals surface area contributed by atoms with E-state index in [-0.39, 0.29) is 11.9 Å². The Labute approximate surface area is 104 Å². The number of rotatable bonds is 7. The van der Waals surface area contributed by atoms with Crippen molar-refractivity contribution in [3.8, 4) is 0 Å². The highest BCUT2D eigenvalue weighted by atomic mass is 16.5. The third-order valence-electron chi connectivity index (χ3n) is 2.98. The van der Waals surface area contributed by atoms with Crippen LogP contribution in [0.1, 0.15) is 26.2 Å². The first-order valence-corrected chi connectivity index (χ1v) is 6.47. The number of ether oxygens (including phenoxy) is 1. The lowest BCUT2D eigenvalue weighted by Crippen LogP contribution is -2.58. The van der Waals surface area contributed by atoms with E-state index >= 15 is 0 Å². The molecule has 0 aliphatic carbocycles. The summed E-state index contributed by atoms with van der Waals surface area (Å²) in [5.41, 5.74) is 0. The van der Waals surface area contributed by atoms with Crippen molar-refractivity contribution in [1.82, 2.24) is 16.0 Å². The molecule has 0 spiro atoms. The number of carbonyl (C=O) groups is 1. The molecule has 3 N–H and O–H groups in total. The monoisotopic (exact) mass is 243 g/mol. The van der Waals surface area contributed by atoms with Crippen LogP contribution < -0.4 is 16.0 Å². The Morgan fingerprint density at radius 2 is 2.12 bits per heavy atom. The van der Waals surface area contributed by atoms with Gasteiger partial charge in [-0.2, -0.15) is 0 Å². The molecule has 0 bridgehead atoms. The van der Waals surface area contributed by atoms with Gasteiger partial charge in [-0.1, -0.05) is 0 Å². The van der Waals surface area contributed by atoms with Crippen LogP contribution in [0, 0.1) is 0 Å². The van der Waals surface area contributed by atoms with Gasteiger partial charge in [0, 0.05) is 39.4 Å². The van der Waals surface area contributed by atoms with E-state index in [2.05, 4.69) is 22.9 Å². The highest BCUT2D eigenvalue weighted by molar-refractivity contribution is 5.82. The quantitative estimate of drug-likeness (QED) is 0.545. The minimum Gasteiger partial charge on any atom is -0.385 e. The van der Waals surface area contributed by atoms with Gasteiger partial charge in [-0.05, 0) is 26.2 Å². The SMILES string of the molecule is COCCCCCNC(=O)C1CNC(C)CN1. The summed E-state index contributed by atoms with van der Waals surface area (Å²) in [6, 6.07) is 0.373. The molecule has 2 unspecified atom stereocenters. The van der Waals surface area contributed by atoms with Crippen molar-refractivity contribution in [3.05, 3.63) is 0 Å². The van der Waals surface area contributed by atoms with E-state index in [9.17, 15) is 4.79 Å². The van der Waals surface area contributed by atoms with Gasteiger partial charge in [0.25, 0.3) is 0 Å². The average molecular weight is 243 g/mol. The zero-order chi connectivity index (χ0) is 12.5. The largest absolute Gasteiger partial charge is 0.385 e. The number of nitrogens with one attached hydrogen (secondary N) is 3. The van der Waals surface area contributed by atoms with Gasteiger partial charge in [-0.25, -0.2) is 0 Å². The molecule has 17 heavy (non-hydrogen) atoms. The molecule has 0 aromatic carbocycles. The predicted octanol–water partition coefficient (Wildman–Crippen LogP) is -0.131. The van der Waals surface area contributed by atoms with Crippen molar-refractivity contribution in [2.24, 2.45) is 0 Å². The Morgan fingerprint density at radius 1 is 1.29 bits per heavy atom. The standard InChI is InChI=1S/C12H25N3O2/c1-10-8-15-11(9-14-10)12(16)13-6-4-3-5-7-17-2/h10-11,14-15H,3-9H2,1-2H3,(H,13,16). The smallest absolute Gasteiger partial charge is 0.238 e. The first-order chi connectivity index (χ1) is 8.24. The molecule has 5 nitrogen and oxygen atoms in total. The van der Waals surface area contributed by atoms with Crippen LogP contribution in [0.25, 0.3) is 0 Å². The van der Waals surface area contributed by atoms with E-state index in [1.807, 2.05) is 0 Å². The van der Waals surface area contributed by atoms with E-state index in [1.165, 1.54) is 0 Å². The fourth-order valence-electron chi connectivity index (χ4n) is 1.85. The summed E-state index contributed by atoms with van der Waals surface area (Å²) < 4.78 is 4.97. The van der Waals surface area contributed by atoms with E-state index in [0.29, 0.717) is 6.04 Å². The lowest BCUT2D eigenvalue weighted by molar-refractivity contribution is -0.123. The molecule has 0 aromatic heterocycles. The Hall–Kier alpha value is -0.650. The van der Waals surface area contributed by atoms with E-state index in [1.54, 1.807) is 7.11 Å². The van der Waals surface area contributed by atoms with Crippen molar-refractivity contribution in [2.75, 3.05) is 33.4 Å². The maximum absolute atomic E-state index is 11.8. The highest BCUT2D eigenvalue weighted by Gasteiger charge is 2.22. The maximum Gasteiger partial charge on any atom is 0.238 e. The lowest BCUT2D eigenvalue weighted by atomic mass is 10.1. The van der Waals surface area contributed by atoms with Crippen LogP contribution in [-0.4, -0.2) is 51.3 Å². The molecule has 1 rings (SSSR count). The Morgan fingerprint density at radius 3 is 2.76 bits per heavy atom. The second-order valence-electron chi connectivity index (χ2n) is 4.61. The molecule has 2 atom stereocenters. The summed E-state index contributed by atoms with van der Waals surface area (Å²) in [6.45, 7) is 5.25. The van der Waals surface area contributed by atoms with Crippen LogP contribution in [0.3, 0.4) is 0 Å². The minimum atomic E-state index is -0.0785. The number of amides is 1. The molecule has 1 fully saturated rings. The first kappa shape index (κ1) is 14.4. The van der Waals surface area contributed by atoms with Gasteiger partial charge >= 0.3 is 0 Å².